The molecule has 0 saturated heterocycles. The molecule has 3 aromatic rings. The van der Waals surface area contributed by atoms with Gasteiger partial charge in [0.15, 0.2) is 0 Å². The average Bonchev–Trinajstić information content (AvgIpc) is 2.75. The van der Waals surface area contributed by atoms with E-state index in [4.69, 9.17) is 32.7 Å². The van der Waals surface area contributed by atoms with Gasteiger partial charge in [0.2, 0.25) is 0 Å². The molecule has 0 aliphatic rings. The number of alkyl halides is 2. The molecule has 0 fully saturated rings. The van der Waals surface area contributed by atoms with Crippen LogP contribution in [0.3, 0.4) is 0 Å². The second-order valence-corrected chi connectivity index (χ2v) is 6.90. The van der Waals surface area contributed by atoms with Crippen molar-refractivity contribution in [1.29, 1.82) is 0 Å². The highest BCUT2D eigenvalue weighted by atomic mass is 35.5. The molecule has 0 amide bonds. The summed E-state index contributed by atoms with van der Waals surface area (Å²) in [5, 5.41) is 0. The lowest BCUT2D eigenvalue weighted by Gasteiger charge is -2.10. The van der Waals surface area contributed by atoms with E-state index in [1.54, 1.807) is 73.7 Å². The maximum Gasteiger partial charge on any atom is 0.343 e. The Morgan fingerprint density at radius 1 is 0.724 bits per heavy atom. The van der Waals surface area contributed by atoms with Gasteiger partial charge >= 0.3 is 11.9 Å². The minimum atomic E-state index is -0.477. The van der Waals surface area contributed by atoms with Crippen LogP contribution in [-0.4, -0.2) is 11.9 Å². The van der Waals surface area contributed by atoms with Gasteiger partial charge in [0.1, 0.15) is 11.5 Å². The van der Waals surface area contributed by atoms with E-state index in [9.17, 15) is 9.59 Å². The first-order chi connectivity index (χ1) is 14.0. The van der Waals surface area contributed by atoms with Crippen LogP contribution < -0.4 is 9.47 Å². The predicted octanol–water partition coefficient (Wildman–Crippen LogP) is 5.91. The van der Waals surface area contributed by atoms with E-state index < -0.39 is 11.9 Å². The van der Waals surface area contributed by atoms with E-state index in [1.807, 2.05) is 0 Å². The molecule has 0 aromatic heterocycles. The molecule has 0 radical (unpaired) electrons. The molecule has 0 spiro atoms. The summed E-state index contributed by atoms with van der Waals surface area (Å²) in [6.45, 7) is 1.77. The van der Waals surface area contributed by atoms with Crippen molar-refractivity contribution in [3.05, 3.63) is 94.5 Å². The second kappa shape index (κ2) is 9.59. The van der Waals surface area contributed by atoms with Gasteiger partial charge in [-0.25, -0.2) is 9.59 Å². The summed E-state index contributed by atoms with van der Waals surface area (Å²) in [5.74, 6) is 0.563. The zero-order valence-electron chi connectivity index (χ0n) is 15.7. The summed E-state index contributed by atoms with van der Waals surface area (Å²) in [6.07, 6.45) is 0. The van der Waals surface area contributed by atoms with Crippen LogP contribution in [0.4, 0.5) is 0 Å². The van der Waals surface area contributed by atoms with Crippen molar-refractivity contribution in [1.82, 2.24) is 0 Å². The third-order valence-corrected chi connectivity index (χ3v) is 4.86. The SMILES string of the molecule is Cc1cc(OC(=O)c2ccc(CCl)cc2)ccc1OC(=O)c1ccc(CCl)cc1. The number of aryl methyl sites for hydroxylation is 1. The zero-order chi connectivity index (χ0) is 20.8. The molecule has 0 bridgehead atoms. The first-order valence-electron chi connectivity index (χ1n) is 8.85. The summed E-state index contributed by atoms with van der Waals surface area (Å²) in [6, 6.07) is 18.6. The maximum atomic E-state index is 12.3. The van der Waals surface area contributed by atoms with Gasteiger partial charge < -0.3 is 9.47 Å². The highest BCUT2D eigenvalue weighted by molar-refractivity contribution is 6.17. The Hall–Kier alpha value is -2.82. The molecule has 0 unspecified atom stereocenters. The fourth-order valence-corrected chi connectivity index (χ4v) is 2.94. The molecule has 3 aromatic carbocycles. The Balaban J connectivity index is 1.67. The molecule has 3 rings (SSSR count). The normalized spacial score (nSPS) is 10.4. The van der Waals surface area contributed by atoms with E-state index in [1.165, 1.54) is 0 Å². The number of carbonyl (C=O) groups excluding carboxylic acids is 2. The molecule has 0 atom stereocenters. The van der Waals surface area contributed by atoms with Crippen molar-refractivity contribution < 1.29 is 19.1 Å². The van der Waals surface area contributed by atoms with Crippen molar-refractivity contribution in [3.63, 3.8) is 0 Å². The lowest BCUT2D eigenvalue weighted by Crippen LogP contribution is -2.10. The molecule has 0 saturated carbocycles. The van der Waals surface area contributed by atoms with Crippen LogP contribution in [0, 0.1) is 6.92 Å². The summed E-state index contributed by atoms with van der Waals surface area (Å²) < 4.78 is 10.8. The third kappa shape index (κ3) is 5.37. The van der Waals surface area contributed by atoms with Gasteiger partial charge in [-0.3, -0.25) is 0 Å². The van der Waals surface area contributed by atoms with E-state index >= 15 is 0 Å². The van der Waals surface area contributed by atoms with E-state index in [-0.39, 0.29) is 0 Å². The number of hydrogen-bond acceptors (Lipinski definition) is 4. The first kappa shape index (κ1) is 20.9. The summed E-state index contributed by atoms with van der Waals surface area (Å²) >= 11 is 11.5. The monoisotopic (exact) mass is 428 g/mol. The Morgan fingerprint density at radius 3 is 1.66 bits per heavy atom. The van der Waals surface area contributed by atoms with Gasteiger partial charge in [-0.05, 0) is 66.1 Å². The van der Waals surface area contributed by atoms with Crippen LogP contribution >= 0.6 is 23.2 Å². The third-order valence-electron chi connectivity index (χ3n) is 4.25. The summed E-state index contributed by atoms with van der Waals surface area (Å²) in [5.41, 5.74) is 3.35. The highest BCUT2D eigenvalue weighted by Crippen LogP contribution is 2.25. The van der Waals surface area contributed by atoms with Gasteiger partial charge in [-0.2, -0.15) is 0 Å². The maximum absolute atomic E-state index is 12.3. The fraction of sp³-hybridized carbons (Fsp3) is 0.130. The van der Waals surface area contributed by atoms with E-state index in [0.717, 1.165) is 11.1 Å². The number of carbonyl (C=O) groups is 2. The van der Waals surface area contributed by atoms with Gasteiger partial charge in [0.25, 0.3) is 0 Å². The molecule has 0 aliphatic carbocycles. The topological polar surface area (TPSA) is 52.6 Å². The molecule has 148 valence electrons. The fourth-order valence-electron chi connectivity index (χ4n) is 2.58. The van der Waals surface area contributed by atoms with Crippen LogP contribution in [0.5, 0.6) is 11.5 Å². The Bertz CT molecular complexity index is 1010. The zero-order valence-corrected chi connectivity index (χ0v) is 17.2. The van der Waals surface area contributed by atoms with E-state index in [2.05, 4.69) is 0 Å². The largest absolute Gasteiger partial charge is 0.423 e. The predicted molar refractivity (Wildman–Crippen MR) is 113 cm³/mol. The van der Waals surface area contributed by atoms with Crippen molar-refractivity contribution in [2.24, 2.45) is 0 Å². The van der Waals surface area contributed by atoms with Gasteiger partial charge in [-0.1, -0.05) is 24.3 Å². The van der Waals surface area contributed by atoms with E-state index in [0.29, 0.717) is 39.9 Å². The highest BCUT2D eigenvalue weighted by Gasteiger charge is 2.13. The number of hydrogen-bond donors (Lipinski definition) is 0. The number of ether oxygens (including phenoxy) is 2. The van der Waals surface area contributed by atoms with Crippen molar-refractivity contribution in [2.45, 2.75) is 18.7 Å². The molecule has 6 heteroatoms. The Kier molecular flexibility index (Phi) is 6.91. The lowest BCUT2D eigenvalue weighted by atomic mass is 10.1. The number of esters is 2. The molecule has 0 N–H and O–H groups in total. The molecule has 4 nitrogen and oxygen atoms in total. The number of rotatable bonds is 6. The minimum absolute atomic E-state index is 0.361. The van der Waals surface area contributed by atoms with Crippen molar-refractivity contribution >= 4 is 35.1 Å². The van der Waals surface area contributed by atoms with Crippen LogP contribution in [-0.2, 0) is 11.8 Å². The van der Waals surface area contributed by atoms with Gasteiger partial charge in [0.05, 0.1) is 11.1 Å². The lowest BCUT2D eigenvalue weighted by molar-refractivity contribution is 0.0718. The molecule has 29 heavy (non-hydrogen) atoms. The Morgan fingerprint density at radius 2 is 1.21 bits per heavy atom. The van der Waals surface area contributed by atoms with Crippen molar-refractivity contribution in [2.75, 3.05) is 0 Å². The van der Waals surface area contributed by atoms with Gasteiger partial charge in [0, 0.05) is 11.8 Å². The first-order valence-corrected chi connectivity index (χ1v) is 9.92. The number of halogens is 2. The molecular formula is C23H18Cl2O4. The van der Waals surface area contributed by atoms with Crippen LogP contribution in [0.2, 0.25) is 0 Å². The second-order valence-electron chi connectivity index (χ2n) is 6.37. The van der Waals surface area contributed by atoms with Crippen LogP contribution in [0.1, 0.15) is 37.4 Å². The summed E-state index contributed by atoms with van der Waals surface area (Å²) in [7, 11) is 0. The average molecular weight is 429 g/mol. The Labute approximate surface area is 179 Å². The molecule has 0 aliphatic heterocycles. The minimum Gasteiger partial charge on any atom is -0.423 e. The van der Waals surface area contributed by atoms with Crippen LogP contribution in [0.15, 0.2) is 66.7 Å². The smallest absolute Gasteiger partial charge is 0.343 e. The van der Waals surface area contributed by atoms with Crippen LogP contribution in [0.25, 0.3) is 0 Å². The number of benzene rings is 3. The standard InChI is InChI=1S/C23H18Cl2O4/c1-15-12-20(28-22(26)18-6-2-16(13-24)3-7-18)10-11-21(15)29-23(27)19-8-4-17(14-25)5-9-19/h2-12H,13-14H2,1H3. The van der Waals surface area contributed by atoms with Crippen molar-refractivity contribution in [3.8, 4) is 11.5 Å². The summed E-state index contributed by atoms with van der Waals surface area (Å²) in [4.78, 5) is 24.6. The molecular weight excluding hydrogens is 411 g/mol. The molecule has 0 heterocycles. The van der Waals surface area contributed by atoms with Gasteiger partial charge in [-0.15, -0.1) is 23.2 Å². The quantitative estimate of drug-likeness (QED) is 0.278.